The molecule has 0 spiro atoms. The van der Waals surface area contributed by atoms with Crippen molar-refractivity contribution in [2.45, 2.75) is 17.9 Å². The first-order valence-corrected chi connectivity index (χ1v) is 9.80. The fraction of sp³-hybridized carbons (Fsp3) is 0.222. The molecule has 0 saturated carbocycles. The predicted molar refractivity (Wildman–Crippen MR) is 101 cm³/mol. The Kier molecular flexibility index (Phi) is 5.52. The molecule has 2 heterocycles. The summed E-state index contributed by atoms with van der Waals surface area (Å²) in [4.78, 5) is 16.5. The summed E-state index contributed by atoms with van der Waals surface area (Å²) in [6, 6.07) is 9.32. The van der Waals surface area contributed by atoms with E-state index in [2.05, 4.69) is 20.5 Å². The van der Waals surface area contributed by atoms with E-state index in [0.29, 0.717) is 5.56 Å². The van der Waals surface area contributed by atoms with Gasteiger partial charge in [-0.1, -0.05) is 6.07 Å². The van der Waals surface area contributed by atoms with Gasteiger partial charge in [0.15, 0.2) is 0 Å². The molecule has 1 aromatic carbocycles. The third kappa shape index (κ3) is 4.07. The van der Waals surface area contributed by atoms with Crippen molar-refractivity contribution in [1.82, 2.24) is 24.8 Å². The van der Waals surface area contributed by atoms with Crippen LogP contribution in [0.4, 0.5) is 0 Å². The number of pyridine rings is 1. The van der Waals surface area contributed by atoms with Crippen LogP contribution in [0.15, 0.2) is 58.1 Å². The quantitative estimate of drug-likeness (QED) is 0.670. The number of rotatable bonds is 6. The molecule has 10 heteroatoms. The summed E-state index contributed by atoms with van der Waals surface area (Å²) in [7, 11) is -0.612. The van der Waals surface area contributed by atoms with Crippen LogP contribution in [0.5, 0.6) is 0 Å². The van der Waals surface area contributed by atoms with Gasteiger partial charge in [0, 0.05) is 32.1 Å². The zero-order valence-corrected chi connectivity index (χ0v) is 16.3. The minimum atomic E-state index is -3.53. The normalized spacial score (nSPS) is 12.7. The minimum absolute atomic E-state index is 0.119. The van der Waals surface area contributed by atoms with E-state index in [1.165, 1.54) is 26.2 Å². The van der Waals surface area contributed by atoms with Gasteiger partial charge in [-0.2, -0.15) is 0 Å². The Labute approximate surface area is 162 Å². The van der Waals surface area contributed by atoms with Crippen molar-refractivity contribution in [1.29, 1.82) is 0 Å². The molecule has 0 radical (unpaired) electrons. The highest BCUT2D eigenvalue weighted by Gasteiger charge is 2.20. The molecule has 1 amide bonds. The molecule has 0 saturated heterocycles. The molecular formula is C18H19N5O4S. The van der Waals surface area contributed by atoms with Crippen molar-refractivity contribution in [3.8, 4) is 11.5 Å². The van der Waals surface area contributed by atoms with Crippen molar-refractivity contribution in [2.24, 2.45) is 0 Å². The van der Waals surface area contributed by atoms with Crippen LogP contribution in [0.1, 0.15) is 29.2 Å². The molecule has 0 aliphatic heterocycles. The zero-order chi connectivity index (χ0) is 20.3. The Morgan fingerprint density at radius 3 is 2.46 bits per heavy atom. The van der Waals surface area contributed by atoms with Crippen LogP contribution >= 0.6 is 0 Å². The maximum Gasteiger partial charge on any atom is 0.309 e. The second-order valence-electron chi connectivity index (χ2n) is 6.21. The predicted octanol–water partition coefficient (Wildman–Crippen LogP) is 1.87. The van der Waals surface area contributed by atoms with Crippen LogP contribution in [0, 0.1) is 0 Å². The molecule has 146 valence electrons. The molecule has 0 fully saturated rings. The van der Waals surface area contributed by atoms with E-state index in [9.17, 15) is 13.2 Å². The number of hydrogen-bond donors (Lipinski definition) is 1. The lowest BCUT2D eigenvalue weighted by Crippen LogP contribution is -2.27. The summed E-state index contributed by atoms with van der Waals surface area (Å²) in [5.74, 6) is -0.578. The number of sulfonamides is 1. The van der Waals surface area contributed by atoms with E-state index in [4.69, 9.17) is 4.42 Å². The molecular weight excluding hydrogens is 382 g/mol. The highest BCUT2D eigenvalue weighted by molar-refractivity contribution is 7.89. The van der Waals surface area contributed by atoms with Gasteiger partial charge in [-0.15, -0.1) is 10.2 Å². The molecule has 28 heavy (non-hydrogen) atoms. The molecule has 3 rings (SSSR count). The van der Waals surface area contributed by atoms with Gasteiger partial charge in [-0.3, -0.25) is 9.78 Å². The van der Waals surface area contributed by atoms with Gasteiger partial charge in [-0.25, -0.2) is 12.7 Å². The van der Waals surface area contributed by atoms with E-state index < -0.39 is 15.9 Å². The highest BCUT2D eigenvalue weighted by atomic mass is 32.2. The second-order valence-corrected chi connectivity index (χ2v) is 8.36. The van der Waals surface area contributed by atoms with Gasteiger partial charge in [-0.05, 0) is 42.8 Å². The Morgan fingerprint density at radius 2 is 1.86 bits per heavy atom. The largest absolute Gasteiger partial charge is 0.412 e. The monoisotopic (exact) mass is 401 g/mol. The standard InChI is InChI=1S/C18H19N5O4S/c1-12(14-5-4-10-19-11-14)20-16(24)18-22-21-17(27-18)13-6-8-15(9-7-13)28(25,26)23(2)3/h4-12H,1-3H3,(H,20,24)/t12-/m1/s1. The van der Waals surface area contributed by atoms with Crippen molar-refractivity contribution >= 4 is 15.9 Å². The first-order valence-electron chi connectivity index (χ1n) is 8.36. The van der Waals surface area contributed by atoms with E-state index in [1.54, 1.807) is 30.6 Å². The molecule has 0 aliphatic rings. The topological polar surface area (TPSA) is 118 Å². The third-order valence-corrected chi connectivity index (χ3v) is 5.86. The van der Waals surface area contributed by atoms with Crippen LogP contribution in [-0.2, 0) is 10.0 Å². The number of benzene rings is 1. The van der Waals surface area contributed by atoms with Crippen LogP contribution in [0.2, 0.25) is 0 Å². The first kappa shape index (κ1) is 19.6. The lowest BCUT2D eigenvalue weighted by Gasteiger charge is -2.11. The van der Waals surface area contributed by atoms with Crippen molar-refractivity contribution in [3.63, 3.8) is 0 Å². The molecule has 9 nitrogen and oxygen atoms in total. The van der Waals surface area contributed by atoms with E-state index in [-0.39, 0.29) is 22.7 Å². The number of nitrogens with one attached hydrogen (secondary N) is 1. The SMILES string of the molecule is C[C@@H](NC(=O)c1nnc(-c2ccc(S(=O)(=O)N(C)C)cc2)o1)c1cccnc1. The minimum Gasteiger partial charge on any atom is -0.412 e. The molecule has 0 bridgehead atoms. The smallest absolute Gasteiger partial charge is 0.309 e. The number of aromatic nitrogens is 3. The lowest BCUT2D eigenvalue weighted by molar-refractivity contribution is 0.0905. The third-order valence-electron chi connectivity index (χ3n) is 4.03. The number of amides is 1. The van der Waals surface area contributed by atoms with Crippen LogP contribution in [0.3, 0.4) is 0 Å². The van der Waals surface area contributed by atoms with Gasteiger partial charge in [0.05, 0.1) is 10.9 Å². The van der Waals surface area contributed by atoms with Gasteiger partial charge < -0.3 is 9.73 Å². The van der Waals surface area contributed by atoms with Crippen molar-refractivity contribution in [2.75, 3.05) is 14.1 Å². The zero-order valence-electron chi connectivity index (χ0n) is 15.5. The summed E-state index contributed by atoms with van der Waals surface area (Å²) in [5.41, 5.74) is 1.35. The lowest BCUT2D eigenvalue weighted by atomic mass is 10.1. The van der Waals surface area contributed by atoms with Gasteiger partial charge in [0.2, 0.25) is 15.9 Å². The average Bonchev–Trinajstić information content (AvgIpc) is 3.19. The van der Waals surface area contributed by atoms with Crippen molar-refractivity contribution < 1.29 is 17.6 Å². The average molecular weight is 401 g/mol. The van der Waals surface area contributed by atoms with Gasteiger partial charge >= 0.3 is 11.8 Å². The molecule has 3 aromatic rings. The Hall–Kier alpha value is -3.11. The second kappa shape index (κ2) is 7.87. The van der Waals surface area contributed by atoms with Gasteiger partial charge in [0.1, 0.15) is 0 Å². The maximum atomic E-state index is 12.3. The van der Waals surface area contributed by atoms with Crippen LogP contribution in [0.25, 0.3) is 11.5 Å². The summed E-state index contributed by atoms with van der Waals surface area (Å²) in [6.07, 6.45) is 3.31. The Balaban J connectivity index is 1.74. The van der Waals surface area contributed by atoms with Crippen molar-refractivity contribution in [3.05, 3.63) is 60.2 Å². The maximum absolute atomic E-state index is 12.3. The molecule has 1 N–H and O–H groups in total. The number of carbonyl (C=O) groups excluding carboxylic acids is 1. The van der Waals surface area contributed by atoms with E-state index in [0.717, 1.165) is 9.87 Å². The first-order chi connectivity index (χ1) is 13.3. The van der Waals surface area contributed by atoms with E-state index >= 15 is 0 Å². The van der Waals surface area contributed by atoms with Crippen LogP contribution < -0.4 is 5.32 Å². The fourth-order valence-electron chi connectivity index (χ4n) is 2.39. The molecule has 2 aromatic heterocycles. The number of carbonyl (C=O) groups is 1. The summed E-state index contributed by atoms with van der Waals surface area (Å²) in [5, 5.41) is 10.4. The molecule has 1 atom stereocenters. The molecule has 0 unspecified atom stereocenters. The van der Waals surface area contributed by atoms with Gasteiger partial charge in [0.25, 0.3) is 0 Å². The summed E-state index contributed by atoms with van der Waals surface area (Å²) in [6.45, 7) is 1.82. The summed E-state index contributed by atoms with van der Waals surface area (Å²) < 4.78 is 30.8. The van der Waals surface area contributed by atoms with E-state index in [1.807, 2.05) is 13.0 Å². The Bertz CT molecular complexity index is 1060. The van der Waals surface area contributed by atoms with Crippen LogP contribution in [-0.4, -0.2) is 47.9 Å². The highest BCUT2D eigenvalue weighted by Crippen LogP contribution is 2.21. The fourth-order valence-corrected chi connectivity index (χ4v) is 3.29. The summed E-state index contributed by atoms with van der Waals surface area (Å²) >= 11 is 0. The Morgan fingerprint density at radius 1 is 1.14 bits per heavy atom. The number of hydrogen-bond acceptors (Lipinski definition) is 7. The number of nitrogens with zero attached hydrogens (tertiary/aromatic N) is 4. The molecule has 0 aliphatic carbocycles.